The number of benzene rings is 1. The van der Waals surface area contributed by atoms with Gasteiger partial charge in [0.15, 0.2) is 0 Å². The lowest BCUT2D eigenvalue weighted by Crippen LogP contribution is -2.40. The zero-order chi connectivity index (χ0) is 17.8. The van der Waals surface area contributed by atoms with Gasteiger partial charge in [-0.2, -0.15) is 0 Å². The lowest BCUT2D eigenvalue weighted by molar-refractivity contribution is 0.0827. The monoisotopic (exact) mass is 343 g/mol. The Hall–Kier alpha value is -2.04. The van der Waals surface area contributed by atoms with Crippen LogP contribution in [0.2, 0.25) is 0 Å². The topological polar surface area (TPSA) is 61.4 Å². The quantitative estimate of drug-likeness (QED) is 0.834. The molecule has 0 heterocycles. The van der Waals surface area contributed by atoms with Gasteiger partial charge in [0.1, 0.15) is 0 Å². The van der Waals surface area contributed by atoms with Gasteiger partial charge in [-0.05, 0) is 61.1 Å². The molecule has 3 atom stereocenters. The van der Waals surface area contributed by atoms with Crippen LogP contribution in [-0.2, 0) is 6.42 Å². The smallest absolute Gasteiger partial charge is 0.314 e. The fraction of sp³-hybridized carbons (Fsp3) is 0.600. The van der Waals surface area contributed by atoms with Crippen LogP contribution in [0.3, 0.4) is 0 Å². The number of fused-ring (bicyclic) bond motifs is 2. The standard InChI is InChI=1S/C20H29N3O2/c1-23(2)19(24)17-5-3-4-14(10-17)8-9-21-20(25)22-13-18-12-15-6-7-16(18)11-15/h3-5,10,15-16,18H,6-9,11-13H2,1-2H3,(H2,21,22,25)/t15-,16-,18-/m0/s1. The second-order valence-electron chi connectivity index (χ2n) is 7.72. The summed E-state index contributed by atoms with van der Waals surface area (Å²) in [6, 6.07) is 7.52. The molecule has 2 aliphatic rings. The summed E-state index contributed by atoms with van der Waals surface area (Å²) in [5.74, 6) is 2.43. The summed E-state index contributed by atoms with van der Waals surface area (Å²) in [5, 5.41) is 5.95. The number of nitrogens with zero attached hydrogens (tertiary/aromatic N) is 1. The zero-order valence-corrected chi connectivity index (χ0v) is 15.3. The van der Waals surface area contributed by atoms with Crippen LogP contribution in [0.15, 0.2) is 24.3 Å². The van der Waals surface area contributed by atoms with Gasteiger partial charge in [-0.25, -0.2) is 4.79 Å². The summed E-state index contributed by atoms with van der Waals surface area (Å²) in [5.41, 5.74) is 1.74. The molecule has 0 unspecified atom stereocenters. The number of urea groups is 1. The third kappa shape index (κ3) is 4.53. The average Bonchev–Trinajstić information content (AvgIpc) is 3.22. The highest BCUT2D eigenvalue weighted by Crippen LogP contribution is 2.47. The molecule has 5 heteroatoms. The van der Waals surface area contributed by atoms with Crippen molar-refractivity contribution in [1.29, 1.82) is 0 Å². The Morgan fingerprint density at radius 2 is 2.00 bits per heavy atom. The van der Waals surface area contributed by atoms with Gasteiger partial charge in [-0.1, -0.05) is 18.6 Å². The van der Waals surface area contributed by atoms with E-state index < -0.39 is 0 Å². The Kier molecular flexibility index (Phi) is 5.61. The van der Waals surface area contributed by atoms with E-state index in [0.717, 1.165) is 30.4 Å². The second kappa shape index (κ2) is 7.89. The largest absolute Gasteiger partial charge is 0.345 e. The maximum absolute atomic E-state index is 12.0. The number of hydrogen-bond acceptors (Lipinski definition) is 2. The van der Waals surface area contributed by atoms with Crippen molar-refractivity contribution in [2.24, 2.45) is 17.8 Å². The maximum Gasteiger partial charge on any atom is 0.314 e. The zero-order valence-electron chi connectivity index (χ0n) is 15.3. The predicted octanol–water partition coefficient (Wildman–Crippen LogP) is 2.67. The van der Waals surface area contributed by atoms with Crippen LogP contribution >= 0.6 is 0 Å². The highest BCUT2D eigenvalue weighted by molar-refractivity contribution is 5.94. The van der Waals surface area contributed by atoms with Crippen molar-refractivity contribution in [2.45, 2.75) is 32.1 Å². The molecular weight excluding hydrogens is 314 g/mol. The van der Waals surface area contributed by atoms with E-state index >= 15 is 0 Å². The highest BCUT2D eigenvalue weighted by atomic mass is 16.2. The third-order valence-corrected chi connectivity index (χ3v) is 5.69. The Labute approximate surface area is 150 Å². The van der Waals surface area contributed by atoms with Crippen LogP contribution in [0.5, 0.6) is 0 Å². The van der Waals surface area contributed by atoms with Crippen molar-refractivity contribution in [3.05, 3.63) is 35.4 Å². The first-order valence-electron chi connectivity index (χ1n) is 9.35. The molecule has 0 spiro atoms. The van der Waals surface area contributed by atoms with E-state index in [1.165, 1.54) is 25.7 Å². The van der Waals surface area contributed by atoms with E-state index in [2.05, 4.69) is 10.6 Å². The Bertz CT molecular complexity index is 629. The maximum atomic E-state index is 12.0. The summed E-state index contributed by atoms with van der Waals surface area (Å²) >= 11 is 0. The number of nitrogens with one attached hydrogen (secondary N) is 2. The molecule has 3 rings (SSSR count). The molecule has 2 bridgehead atoms. The summed E-state index contributed by atoms with van der Waals surface area (Å²) in [7, 11) is 3.49. The van der Waals surface area contributed by atoms with Crippen molar-refractivity contribution in [3.8, 4) is 0 Å². The first kappa shape index (κ1) is 17.8. The van der Waals surface area contributed by atoms with Crippen LogP contribution in [0, 0.1) is 17.8 Å². The van der Waals surface area contributed by atoms with Crippen LogP contribution in [0.1, 0.15) is 41.6 Å². The van der Waals surface area contributed by atoms with Crippen LogP contribution in [-0.4, -0.2) is 44.0 Å². The summed E-state index contributed by atoms with van der Waals surface area (Å²) in [6.45, 7) is 1.38. The van der Waals surface area contributed by atoms with E-state index in [0.29, 0.717) is 18.0 Å². The molecule has 1 aromatic carbocycles. The van der Waals surface area contributed by atoms with Gasteiger partial charge in [0.25, 0.3) is 5.91 Å². The molecule has 0 radical (unpaired) electrons. The average molecular weight is 343 g/mol. The molecule has 2 N–H and O–H groups in total. The van der Waals surface area contributed by atoms with E-state index in [1.54, 1.807) is 19.0 Å². The molecule has 2 saturated carbocycles. The molecule has 2 aliphatic carbocycles. The lowest BCUT2D eigenvalue weighted by Gasteiger charge is -2.21. The van der Waals surface area contributed by atoms with Gasteiger partial charge in [-0.15, -0.1) is 0 Å². The Morgan fingerprint density at radius 1 is 1.16 bits per heavy atom. The Morgan fingerprint density at radius 3 is 2.68 bits per heavy atom. The molecule has 136 valence electrons. The van der Waals surface area contributed by atoms with Crippen LogP contribution in [0.25, 0.3) is 0 Å². The first-order valence-corrected chi connectivity index (χ1v) is 9.35. The molecule has 3 amide bonds. The van der Waals surface area contributed by atoms with E-state index in [1.807, 2.05) is 24.3 Å². The number of carbonyl (C=O) groups is 2. The third-order valence-electron chi connectivity index (χ3n) is 5.69. The van der Waals surface area contributed by atoms with E-state index in [-0.39, 0.29) is 11.9 Å². The van der Waals surface area contributed by atoms with Crippen LogP contribution < -0.4 is 10.6 Å². The van der Waals surface area contributed by atoms with E-state index in [4.69, 9.17) is 0 Å². The first-order chi connectivity index (χ1) is 12.0. The molecule has 1 aromatic rings. The Balaban J connectivity index is 1.38. The molecule has 2 fully saturated rings. The van der Waals surface area contributed by atoms with Crippen molar-refractivity contribution in [3.63, 3.8) is 0 Å². The number of rotatable bonds is 6. The van der Waals surface area contributed by atoms with Crippen molar-refractivity contribution in [2.75, 3.05) is 27.2 Å². The summed E-state index contributed by atoms with van der Waals surface area (Å²) in [4.78, 5) is 25.5. The number of carbonyl (C=O) groups excluding carboxylic acids is 2. The SMILES string of the molecule is CN(C)C(=O)c1cccc(CCNC(=O)NC[C@@H]2C[C@H]3CC[C@H]2C3)c1. The van der Waals surface area contributed by atoms with E-state index in [9.17, 15) is 9.59 Å². The number of hydrogen-bond donors (Lipinski definition) is 2. The lowest BCUT2D eigenvalue weighted by atomic mass is 9.89. The summed E-state index contributed by atoms with van der Waals surface area (Å²) < 4.78 is 0. The molecule has 25 heavy (non-hydrogen) atoms. The van der Waals surface area contributed by atoms with Gasteiger partial charge in [0.05, 0.1) is 0 Å². The van der Waals surface area contributed by atoms with Crippen molar-refractivity contribution >= 4 is 11.9 Å². The van der Waals surface area contributed by atoms with Gasteiger partial charge in [0, 0.05) is 32.7 Å². The minimum absolute atomic E-state index is 0.00147. The molecule has 0 aliphatic heterocycles. The van der Waals surface area contributed by atoms with Gasteiger partial charge >= 0.3 is 6.03 Å². The van der Waals surface area contributed by atoms with Crippen molar-refractivity contribution < 1.29 is 9.59 Å². The highest BCUT2D eigenvalue weighted by Gasteiger charge is 2.39. The molecular formula is C20H29N3O2. The minimum Gasteiger partial charge on any atom is -0.345 e. The molecule has 0 saturated heterocycles. The molecule has 0 aromatic heterocycles. The van der Waals surface area contributed by atoms with Crippen molar-refractivity contribution in [1.82, 2.24) is 15.5 Å². The second-order valence-corrected chi connectivity index (χ2v) is 7.72. The predicted molar refractivity (Wildman–Crippen MR) is 98.5 cm³/mol. The minimum atomic E-state index is -0.0803. The van der Waals surface area contributed by atoms with Gasteiger partial charge in [-0.3, -0.25) is 4.79 Å². The normalized spacial score (nSPS) is 24.2. The fourth-order valence-electron chi connectivity index (χ4n) is 4.35. The fourth-order valence-corrected chi connectivity index (χ4v) is 4.35. The van der Waals surface area contributed by atoms with Gasteiger partial charge < -0.3 is 15.5 Å². The number of amides is 3. The summed E-state index contributed by atoms with van der Waals surface area (Å²) in [6.07, 6.45) is 6.12. The van der Waals surface area contributed by atoms with Gasteiger partial charge in [0.2, 0.25) is 0 Å². The molecule has 5 nitrogen and oxygen atoms in total. The van der Waals surface area contributed by atoms with Crippen LogP contribution in [0.4, 0.5) is 4.79 Å².